The molecule has 0 radical (unpaired) electrons. The van der Waals surface area contributed by atoms with Crippen LogP contribution in [0.25, 0.3) is 0 Å². The van der Waals surface area contributed by atoms with Crippen molar-refractivity contribution in [1.82, 2.24) is 10.3 Å². The number of rotatable bonds is 9. The molecule has 3 rings (SSSR count). The highest BCUT2D eigenvalue weighted by Gasteiger charge is 2.10. The van der Waals surface area contributed by atoms with Crippen molar-refractivity contribution in [2.45, 2.75) is 13.3 Å². The molecular weight excluding hydrogens is 382 g/mol. The van der Waals surface area contributed by atoms with Crippen molar-refractivity contribution < 1.29 is 19.0 Å². The van der Waals surface area contributed by atoms with Gasteiger partial charge in [0, 0.05) is 25.2 Å². The minimum atomic E-state index is -0.275. The minimum absolute atomic E-state index is 0.275. The van der Waals surface area contributed by atoms with Crippen LogP contribution in [0.4, 0.5) is 0 Å². The summed E-state index contributed by atoms with van der Waals surface area (Å²) in [7, 11) is 1.57. The molecule has 7 heteroatoms. The normalized spacial score (nSPS) is 14.9. The second kappa shape index (κ2) is 11.3. The SMILES string of the molecule is CC/C(=N\NC(=O)c1cccc(OC)c1)c1ccc(OCCN2CCOCC2)cc1. The molecule has 30 heavy (non-hydrogen) atoms. The van der Waals surface area contributed by atoms with Gasteiger partial charge in [-0.05, 0) is 54.4 Å². The number of methoxy groups -OCH3 is 1. The predicted molar refractivity (Wildman–Crippen MR) is 116 cm³/mol. The van der Waals surface area contributed by atoms with Gasteiger partial charge in [-0.15, -0.1) is 0 Å². The number of carbonyl (C=O) groups is 1. The number of amides is 1. The van der Waals surface area contributed by atoms with E-state index in [1.807, 2.05) is 31.2 Å². The van der Waals surface area contributed by atoms with Crippen molar-refractivity contribution in [1.29, 1.82) is 0 Å². The summed E-state index contributed by atoms with van der Waals surface area (Å²) >= 11 is 0. The molecule has 0 saturated carbocycles. The van der Waals surface area contributed by atoms with E-state index in [1.165, 1.54) is 0 Å². The lowest BCUT2D eigenvalue weighted by Gasteiger charge is -2.26. The van der Waals surface area contributed by atoms with Gasteiger partial charge >= 0.3 is 0 Å². The molecule has 1 saturated heterocycles. The second-order valence-corrected chi connectivity index (χ2v) is 6.91. The fraction of sp³-hybridized carbons (Fsp3) is 0.391. The maximum Gasteiger partial charge on any atom is 0.271 e. The van der Waals surface area contributed by atoms with E-state index in [9.17, 15) is 4.79 Å². The summed E-state index contributed by atoms with van der Waals surface area (Å²) in [5.74, 6) is 1.18. The van der Waals surface area contributed by atoms with Crippen LogP contribution >= 0.6 is 0 Å². The Balaban J connectivity index is 1.54. The van der Waals surface area contributed by atoms with Crippen molar-refractivity contribution in [3.8, 4) is 11.5 Å². The molecule has 7 nitrogen and oxygen atoms in total. The quantitative estimate of drug-likeness (QED) is 0.507. The van der Waals surface area contributed by atoms with Gasteiger partial charge in [0.1, 0.15) is 18.1 Å². The lowest BCUT2D eigenvalue weighted by atomic mass is 10.1. The summed E-state index contributed by atoms with van der Waals surface area (Å²) in [6, 6.07) is 14.8. The summed E-state index contributed by atoms with van der Waals surface area (Å²) in [6.07, 6.45) is 0.690. The molecule has 0 atom stereocenters. The molecule has 0 spiro atoms. The maximum absolute atomic E-state index is 12.4. The highest BCUT2D eigenvalue weighted by atomic mass is 16.5. The zero-order valence-electron chi connectivity index (χ0n) is 17.6. The van der Waals surface area contributed by atoms with E-state index < -0.39 is 0 Å². The highest BCUT2D eigenvalue weighted by molar-refractivity contribution is 6.02. The fourth-order valence-electron chi connectivity index (χ4n) is 3.16. The highest BCUT2D eigenvalue weighted by Crippen LogP contribution is 2.15. The number of morpholine rings is 1. The van der Waals surface area contributed by atoms with Crippen LogP contribution in [-0.4, -0.2) is 63.1 Å². The molecule has 1 fully saturated rings. The largest absolute Gasteiger partial charge is 0.497 e. The van der Waals surface area contributed by atoms with E-state index in [4.69, 9.17) is 14.2 Å². The summed E-state index contributed by atoms with van der Waals surface area (Å²) in [5.41, 5.74) is 4.87. The van der Waals surface area contributed by atoms with Crippen LogP contribution in [0.15, 0.2) is 53.6 Å². The molecular formula is C23H29N3O4. The fourth-order valence-corrected chi connectivity index (χ4v) is 3.16. The maximum atomic E-state index is 12.4. The number of hydrazone groups is 1. The van der Waals surface area contributed by atoms with Crippen LogP contribution < -0.4 is 14.9 Å². The van der Waals surface area contributed by atoms with Crippen LogP contribution in [-0.2, 0) is 4.74 Å². The zero-order chi connectivity index (χ0) is 21.2. The van der Waals surface area contributed by atoms with E-state index in [2.05, 4.69) is 15.4 Å². The summed E-state index contributed by atoms with van der Waals surface area (Å²) < 4.78 is 16.4. The van der Waals surface area contributed by atoms with Crippen molar-refractivity contribution in [3.63, 3.8) is 0 Å². The molecule has 1 aliphatic heterocycles. The van der Waals surface area contributed by atoms with Crippen molar-refractivity contribution >= 4 is 11.6 Å². The topological polar surface area (TPSA) is 72.4 Å². The third-order valence-electron chi connectivity index (χ3n) is 4.93. The standard InChI is InChI=1S/C23H29N3O4/c1-3-22(24-25-23(27)19-5-4-6-21(17-19)28-2)18-7-9-20(10-8-18)30-16-13-26-11-14-29-15-12-26/h4-10,17H,3,11-16H2,1-2H3,(H,25,27)/b24-22+. The first-order valence-corrected chi connectivity index (χ1v) is 10.2. The van der Waals surface area contributed by atoms with Gasteiger partial charge in [-0.1, -0.05) is 13.0 Å². The van der Waals surface area contributed by atoms with Crippen LogP contribution in [0.5, 0.6) is 11.5 Å². The van der Waals surface area contributed by atoms with Gasteiger partial charge in [-0.25, -0.2) is 5.43 Å². The average molecular weight is 412 g/mol. The number of ether oxygens (including phenoxy) is 3. The Kier molecular flexibility index (Phi) is 8.23. The molecule has 1 N–H and O–H groups in total. The van der Waals surface area contributed by atoms with Crippen LogP contribution in [0, 0.1) is 0 Å². The lowest BCUT2D eigenvalue weighted by molar-refractivity contribution is 0.0322. The number of benzene rings is 2. The number of carbonyl (C=O) groups excluding carboxylic acids is 1. The van der Waals surface area contributed by atoms with Gasteiger partial charge < -0.3 is 14.2 Å². The van der Waals surface area contributed by atoms with Crippen LogP contribution in [0.2, 0.25) is 0 Å². The third kappa shape index (κ3) is 6.30. The Bertz CT molecular complexity index is 846. The van der Waals surface area contributed by atoms with Gasteiger partial charge in [0.15, 0.2) is 0 Å². The van der Waals surface area contributed by atoms with Crippen molar-refractivity contribution in [2.75, 3.05) is 46.6 Å². The van der Waals surface area contributed by atoms with Gasteiger partial charge in [0.05, 0.1) is 26.0 Å². The zero-order valence-corrected chi connectivity index (χ0v) is 17.6. The Morgan fingerprint density at radius 3 is 2.57 bits per heavy atom. The van der Waals surface area contributed by atoms with E-state index in [-0.39, 0.29) is 5.91 Å². The first-order valence-electron chi connectivity index (χ1n) is 10.2. The van der Waals surface area contributed by atoms with Crippen molar-refractivity contribution in [2.24, 2.45) is 5.10 Å². The van der Waals surface area contributed by atoms with Crippen molar-refractivity contribution in [3.05, 3.63) is 59.7 Å². The van der Waals surface area contributed by atoms with Crippen LogP contribution in [0.3, 0.4) is 0 Å². The molecule has 0 unspecified atom stereocenters. The van der Waals surface area contributed by atoms with Crippen LogP contribution in [0.1, 0.15) is 29.3 Å². The first kappa shape index (κ1) is 21.8. The number of hydrogen-bond acceptors (Lipinski definition) is 6. The Labute approximate surface area is 177 Å². The van der Waals surface area contributed by atoms with Gasteiger partial charge in [-0.2, -0.15) is 5.10 Å². The molecule has 0 aromatic heterocycles. The monoisotopic (exact) mass is 411 g/mol. The van der Waals surface area contributed by atoms with Gasteiger partial charge in [0.2, 0.25) is 0 Å². The van der Waals surface area contributed by atoms with E-state index >= 15 is 0 Å². The Hall–Kier alpha value is -2.90. The third-order valence-corrected chi connectivity index (χ3v) is 4.93. The number of nitrogens with zero attached hydrogens (tertiary/aromatic N) is 2. The van der Waals surface area contributed by atoms with E-state index in [0.717, 1.165) is 49.9 Å². The molecule has 160 valence electrons. The van der Waals surface area contributed by atoms with E-state index in [0.29, 0.717) is 24.3 Å². The number of hydrogen-bond donors (Lipinski definition) is 1. The van der Waals surface area contributed by atoms with Gasteiger partial charge in [0.25, 0.3) is 5.91 Å². The molecule has 0 bridgehead atoms. The van der Waals surface area contributed by atoms with E-state index in [1.54, 1.807) is 31.4 Å². The lowest BCUT2D eigenvalue weighted by Crippen LogP contribution is -2.38. The molecule has 2 aromatic rings. The Morgan fingerprint density at radius 1 is 1.10 bits per heavy atom. The molecule has 1 heterocycles. The Morgan fingerprint density at radius 2 is 1.87 bits per heavy atom. The van der Waals surface area contributed by atoms with Gasteiger partial charge in [-0.3, -0.25) is 9.69 Å². The summed E-state index contributed by atoms with van der Waals surface area (Å²) in [5, 5.41) is 4.31. The summed E-state index contributed by atoms with van der Waals surface area (Å²) in [4.78, 5) is 14.7. The smallest absolute Gasteiger partial charge is 0.271 e. The molecule has 1 aliphatic rings. The minimum Gasteiger partial charge on any atom is -0.497 e. The molecule has 1 amide bonds. The number of nitrogens with one attached hydrogen (secondary N) is 1. The molecule has 0 aliphatic carbocycles. The second-order valence-electron chi connectivity index (χ2n) is 6.91. The molecule has 2 aromatic carbocycles. The average Bonchev–Trinajstić information content (AvgIpc) is 2.81. The first-order chi connectivity index (χ1) is 14.7. The summed E-state index contributed by atoms with van der Waals surface area (Å²) in [6.45, 7) is 7.04. The predicted octanol–water partition coefficient (Wildman–Crippen LogP) is 2.95.